The molecular weight excluding hydrogens is 387 g/mol. The van der Waals surface area contributed by atoms with Crippen molar-refractivity contribution in [3.8, 4) is 11.3 Å². The Balaban J connectivity index is 1.47. The largest absolute Gasteiger partial charge is 0.326 e. The number of carbonyl (C=O) groups excluding carboxylic acids is 1. The molecule has 4 rings (SSSR count). The van der Waals surface area contributed by atoms with Gasteiger partial charge in [0.2, 0.25) is 5.91 Å². The first-order valence-corrected chi connectivity index (χ1v) is 9.34. The number of benzene rings is 2. The molecule has 2 aromatic heterocycles. The first-order chi connectivity index (χ1) is 13.5. The lowest BCUT2D eigenvalue weighted by molar-refractivity contribution is -0.116. The minimum absolute atomic E-state index is 0.151. The van der Waals surface area contributed by atoms with Crippen LogP contribution in [0.15, 0.2) is 54.0 Å². The van der Waals surface area contributed by atoms with Crippen LogP contribution in [0.5, 0.6) is 0 Å². The summed E-state index contributed by atoms with van der Waals surface area (Å²) < 4.78 is 42.0. The number of amides is 1. The van der Waals surface area contributed by atoms with Gasteiger partial charge in [-0.05, 0) is 30.7 Å². The average molecular weight is 401 g/mol. The molecule has 0 fully saturated rings. The predicted octanol–water partition coefficient (Wildman–Crippen LogP) is 5.05. The Morgan fingerprint density at radius 1 is 1.07 bits per heavy atom. The highest BCUT2D eigenvalue weighted by atomic mass is 32.1. The molecule has 0 unspecified atom stereocenters. The van der Waals surface area contributed by atoms with Gasteiger partial charge in [0.15, 0.2) is 16.6 Å². The maximum absolute atomic E-state index is 14.0. The fourth-order valence-electron chi connectivity index (χ4n) is 2.85. The summed E-state index contributed by atoms with van der Waals surface area (Å²) in [5.74, 6) is -2.65. The second kappa shape index (κ2) is 7.47. The monoisotopic (exact) mass is 401 g/mol. The van der Waals surface area contributed by atoms with Crippen molar-refractivity contribution in [2.24, 2.45) is 0 Å². The summed E-state index contributed by atoms with van der Waals surface area (Å²) in [7, 11) is 0. The van der Waals surface area contributed by atoms with E-state index in [4.69, 9.17) is 0 Å². The van der Waals surface area contributed by atoms with Crippen LogP contribution in [0.25, 0.3) is 16.2 Å². The van der Waals surface area contributed by atoms with Gasteiger partial charge in [-0.2, -0.15) is 0 Å². The van der Waals surface area contributed by atoms with Crippen LogP contribution in [-0.2, 0) is 11.2 Å². The second-order valence-electron chi connectivity index (χ2n) is 6.16. The van der Waals surface area contributed by atoms with Gasteiger partial charge in [0.1, 0.15) is 5.82 Å². The Bertz CT molecular complexity index is 1170. The molecule has 142 valence electrons. The zero-order chi connectivity index (χ0) is 19.7. The van der Waals surface area contributed by atoms with E-state index >= 15 is 0 Å². The fourth-order valence-corrected chi connectivity index (χ4v) is 3.75. The Hall–Kier alpha value is -3.13. The van der Waals surface area contributed by atoms with Gasteiger partial charge in [-0.1, -0.05) is 12.1 Å². The van der Waals surface area contributed by atoms with Crippen molar-refractivity contribution in [2.45, 2.75) is 12.8 Å². The topological polar surface area (TPSA) is 46.4 Å². The highest BCUT2D eigenvalue weighted by Gasteiger charge is 2.13. The number of hydrogen-bond acceptors (Lipinski definition) is 3. The quantitative estimate of drug-likeness (QED) is 0.509. The Morgan fingerprint density at radius 3 is 2.68 bits per heavy atom. The van der Waals surface area contributed by atoms with Gasteiger partial charge < -0.3 is 5.32 Å². The lowest BCUT2D eigenvalue weighted by Crippen LogP contribution is -2.13. The van der Waals surface area contributed by atoms with Gasteiger partial charge in [-0.25, -0.2) is 18.2 Å². The Morgan fingerprint density at radius 2 is 1.89 bits per heavy atom. The number of aromatic nitrogens is 2. The maximum Gasteiger partial charge on any atom is 0.224 e. The van der Waals surface area contributed by atoms with Gasteiger partial charge in [0, 0.05) is 41.0 Å². The van der Waals surface area contributed by atoms with Crippen molar-refractivity contribution >= 4 is 27.9 Å². The molecule has 1 N–H and O–H groups in total. The van der Waals surface area contributed by atoms with Gasteiger partial charge in [-0.3, -0.25) is 9.20 Å². The molecule has 0 saturated carbocycles. The van der Waals surface area contributed by atoms with Crippen LogP contribution in [0, 0.1) is 17.5 Å². The molecule has 0 aliphatic carbocycles. The molecular formula is C20H14F3N3OS. The number of thiazole rings is 1. The second-order valence-corrected chi connectivity index (χ2v) is 7.00. The minimum atomic E-state index is -1.02. The van der Waals surface area contributed by atoms with Crippen LogP contribution >= 0.6 is 11.3 Å². The van der Waals surface area contributed by atoms with E-state index in [0.717, 1.165) is 17.8 Å². The number of halogens is 3. The Labute approximate surface area is 162 Å². The number of nitrogens with zero attached hydrogens (tertiary/aromatic N) is 2. The molecule has 0 atom stereocenters. The van der Waals surface area contributed by atoms with Crippen molar-refractivity contribution in [3.63, 3.8) is 0 Å². The van der Waals surface area contributed by atoms with Crippen LogP contribution < -0.4 is 5.32 Å². The summed E-state index contributed by atoms with van der Waals surface area (Å²) in [5, 5.41) is 4.43. The number of carbonyl (C=O) groups is 1. The molecule has 0 aliphatic rings. The molecule has 2 heterocycles. The number of fused-ring (bicyclic) bond motifs is 1. The van der Waals surface area contributed by atoms with E-state index in [1.807, 2.05) is 9.78 Å². The molecule has 1 amide bonds. The summed E-state index contributed by atoms with van der Waals surface area (Å²) >= 11 is 1.40. The number of hydrogen-bond donors (Lipinski definition) is 1. The van der Waals surface area contributed by atoms with Gasteiger partial charge >= 0.3 is 0 Å². The Kier molecular flexibility index (Phi) is 4.87. The van der Waals surface area contributed by atoms with E-state index in [1.165, 1.54) is 23.5 Å². The minimum Gasteiger partial charge on any atom is -0.326 e. The first-order valence-electron chi connectivity index (χ1n) is 8.46. The number of rotatable bonds is 5. The first kappa shape index (κ1) is 18.2. The van der Waals surface area contributed by atoms with Gasteiger partial charge in [-0.15, -0.1) is 11.3 Å². The summed E-state index contributed by atoms with van der Waals surface area (Å²) in [6.45, 7) is 0. The lowest BCUT2D eigenvalue weighted by Gasteiger charge is -2.05. The molecule has 4 aromatic rings. The van der Waals surface area contributed by atoms with E-state index in [-0.39, 0.29) is 23.8 Å². The van der Waals surface area contributed by atoms with Crippen LogP contribution in [0.1, 0.15) is 12.1 Å². The smallest absolute Gasteiger partial charge is 0.224 e. The SMILES string of the molecule is O=C(CCc1csc2nc(-c3ccccc3F)cn12)Nc1ccc(F)c(F)c1. The van der Waals surface area contributed by atoms with E-state index < -0.39 is 11.6 Å². The highest BCUT2D eigenvalue weighted by molar-refractivity contribution is 7.15. The van der Waals surface area contributed by atoms with Crippen molar-refractivity contribution in [1.82, 2.24) is 9.38 Å². The van der Waals surface area contributed by atoms with Crippen molar-refractivity contribution < 1.29 is 18.0 Å². The van der Waals surface area contributed by atoms with Crippen molar-refractivity contribution in [3.05, 3.63) is 77.2 Å². The molecule has 0 aliphatic heterocycles. The molecule has 0 radical (unpaired) electrons. The summed E-state index contributed by atoms with van der Waals surface area (Å²) in [5.41, 5.74) is 2.00. The fraction of sp³-hybridized carbons (Fsp3) is 0.100. The van der Waals surface area contributed by atoms with Crippen LogP contribution in [0.2, 0.25) is 0 Å². The van der Waals surface area contributed by atoms with E-state index in [1.54, 1.807) is 24.4 Å². The van der Waals surface area contributed by atoms with Crippen LogP contribution in [-0.4, -0.2) is 15.3 Å². The lowest BCUT2D eigenvalue weighted by atomic mass is 10.1. The summed E-state index contributed by atoms with van der Waals surface area (Å²) in [4.78, 5) is 17.3. The third kappa shape index (κ3) is 3.63. The zero-order valence-electron chi connectivity index (χ0n) is 14.5. The molecule has 0 bridgehead atoms. The maximum atomic E-state index is 14.0. The van der Waals surface area contributed by atoms with Crippen molar-refractivity contribution in [1.29, 1.82) is 0 Å². The van der Waals surface area contributed by atoms with Gasteiger partial charge in [0.25, 0.3) is 0 Å². The van der Waals surface area contributed by atoms with Crippen molar-refractivity contribution in [2.75, 3.05) is 5.32 Å². The van der Waals surface area contributed by atoms with Gasteiger partial charge in [0.05, 0.1) is 5.69 Å². The molecule has 28 heavy (non-hydrogen) atoms. The predicted molar refractivity (Wildman–Crippen MR) is 102 cm³/mol. The third-order valence-corrected chi connectivity index (χ3v) is 5.13. The molecule has 8 heteroatoms. The molecule has 2 aromatic carbocycles. The molecule has 0 spiro atoms. The van der Waals surface area contributed by atoms with E-state index in [0.29, 0.717) is 22.6 Å². The van der Waals surface area contributed by atoms with Crippen LogP contribution in [0.4, 0.5) is 18.9 Å². The summed E-state index contributed by atoms with van der Waals surface area (Å²) in [6, 6.07) is 9.61. The number of nitrogens with one attached hydrogen (secondary N) is 1. The number of aryl methyl sites for hydroxylation is 1. The van der Waals surface area contributed by atoms with E-state index in [9.17, 15) is 18.0 Å². The number of imidazole rings is 1. The summed E-state index contributed by atoms with van der Waals surface area (Å²) in [6.07, 6.45) is 2.31. The highest BCUT2D eigenvalue weighted by Crippen LogP contribution is 2.26. The van der Waals surface area contributed by atoms with Crippen LogP contribution in [0.3, 0.4) is 0 Å². The third-order valence-electron chi connectivity index (χ3n) is 4.24. The zero-order valence-corrected chi connectivity index (χ0v) is 15.3. The number of anilines is 1. The normalized spacial score (nSPS) is 11.1. The average Bonchev–Trinajstić information content (AvgIpc) is 3.24. The standard InChI is InChI=1S/C20H14F3N3OS/c21-15-4-2-1-3-14(15)18-10-26-13(11-28-20(26)25-18)6-8-19(27)24-12-5-7-16(22)17(23)9-12/h1-5,7,9-11H,6,8H2,(H,24,27). The van der Waals surface area contributed by atoms with E-state index in [2.05, 4.69) is 10.3 Å². The molecule has 4 nitrogen and oxygen atoms in total. The molecule has 0 saturated heterocycles.